The maximum atomic E-state index is 10.5. The van der Waals surface area contributed by atoms with Crippen LogP contribution in [0.5, 0.6) is 0 Å². The van der Waals surface area contributed by atoms with Crippen molar-refractivity contribution in [2.24, 2.45) is 5.92 Å². The predicted molar refractivity (Wildman–Crippen MR) is 47.2 cm³/mol. The Balaban J connectivity index is 4.51. The van der Waals surface area contributed by atoms with Crippen LogP contribution in [0.1, 0.15) is 6.92 Å². The fourth-order valence-electron chi connectivity index (χ4n) is 1.01. The highest BCUT2D eigenvalue weighted by molar-refractivity contribution is 5.66. The van der Waals surface area contributed by atoms with Crippen molar-refractivity contribution in [1.29, 1.82) is 0 Å². The summed E-state index contributed by atoms with van der Waals surface area (Å²) in [4.78, 5) is 20.7. The number of ether oxygens (including phenoxy) is 2. The molecule has 0 rings (SSSR count). The molecule has 0 bridgehead atoms. The van der Waals surface area contributed by atoms with Gasteiger partial charge in [-0.3, -0.25) is 4.79 Å². The SMILES string of the molecule is CO/C(=C/C=O)[C@H](C)[C@H](C=O)OC. The van der Waals surface area contributed by atoms with Gasteiger partial charge in [-0.05, 0) is 0 Å². The molecular formula is C9H14O4. The average Bonchev–Trinajstić information content (AvgIpc) is 2.15. The van der Waals surface area contributed by atoms with Crippen LogP contribution < -0.4 is 0 Å². The van der Waals surface area contributed by atoms with Crippen LogP contribution in [0.15, 0.2) is 11.8 Å². The molecule has 0 aliphatic rings. The van der Waals surface area contributed by atoms with E-state index >= 15 is 0 Å². The van der Waals surface area contributed by atoms with Gasteiger partial charge in [0.05, 0.1) is 7.11 Å². The van der Waals surface area contributed by atoms with E-state index < -0.39 is 6.10 Å². The molecule has 0 heterocycles. The molecule has 0 aromatic heterocycles. The lowest BCUT2D eigenvalue weighted by Gasteiger charge is -2.18. The molecule has 13 heavy (non-hydrogen) atoms. The molecule has 0 radical (unpaired) electrons. The van der Waals surface area contributed by atoms with Crippen LogP contribution in [0.3, 0.4) is 0 Å². The Morgan fingerprint density at radius 1 is 1.31 bits per heavy atom. The molecule has 0 saturated carbocycles. The monoisotopic (exact) mass is 186 g/mol. The lowest BCUT2D eigenvalue weighted by molar-refractivity contribution is -0.119. The summed E-state index contributed by atoms with van der Waals surface area (Å²) in [6.07, 6.45) is 2.00. The largest absolute Gasteiger partial charge is 0.501 e. The molecule has 0 amide bonds. The summed E-state index contributed by atoms with van der Waals surface area (Å²) in [5.41, 5.74) is 0. The molecule has 2 atom stereocenters. The molecule has 74 valence electrons. The molecule has 0 unspecified atom stereocenters. The summed E-state index contributed by atoms with van der Waals surface area (Å²) in [5, 5.41) is 0. The van der Waals surface area contributed by atoms with Gasteiger partial charge in [0.1, 0.15) is 24.4 Å². The fraction of sp³-hybridized carbons (Fsp3) is 0.556. The zero-order valence-corrected chi connectivity index (χ0v) is 8.02. The number of carbonyl (C=O) groups excluding carboxylic acids is 2. The molecular weight excluding hydrogens is 172 g/mol. The normalized spacial score (nSPS) is 16.1. The molecule has 0 aromatic rings. The van der Waals surface area contributed by atoms with E-state index in [9.17, 15) is 9.59 Å². The Kier molecular flexibility index (Phi) is 5.80. The van der Waals surface area contributed by atoms with Crippen LogP contribution in [0.2, 0.25) is 0 Å². The van der Waals surface area contributed by atoms with Gasteiger partial charge in [0.25, 0.3) is 0 Å². The van der Waals surface area contributed by atoms with Crippen molar-refractivity contribution >= 4 is 12.6 Å². The number of methoxy groups -OCH3 is 2. The molecule has 0 N–H and O–H groups in total. The Morgan fingerprint density at radius 2 is 1.92 bits per heavy atom. The lowest BCUT2D eigenvalue weighted by atomic mass is 10.0. The van der Waals surface area contributed by atoms with E-state index in [1.54, 1.807) is 6.92 Å². The third kappa shape index (κ3) is 3.38. The molecule has 0 saturated heterocycles. The Hall–Kier alpha value is -1.16. The number of hydrogen-bond donors (Lipinski definition) is 0. The maximum absolute atomic E-state index is 10.5. The number of rotatable bonds is 6. The van der Waals surface area contributed by atoms with Gasteiger partial charge in [0.2, 0.25) is 0 Å². The number of carbonyl (C=O) groups is 2. The van der Waals surface area contributed by atoms with Crippen LogP contribution >= 0.6 is 0 Å². The van der Waals surface area contributed by atoms with Crippen LogP contribution in [0.25, 0.3) is 0 Å². The smallest absolute Gasteiger partial charge is 0.149 e. The third-order valence-electron chi connectivity index (χ3n) is 1.82. The first-order valence-corrected chi connectivity index (χ1v) is 3.88. The quantitative estimate of drug-likeness (QED) is 0.345. The summed E-state index contributed by atoms with van der Waals surface area (Å²) in [6, 6.07) is 0. The predicted octanol–water partition coefficient (Wildman–Crippen LogP) is 0.566. The van der Waals surface area contributed by atoms with Gasteiger partial charge >= 0.3 is 0 Å². The fourth-order valence-corrected chi connectivity index (χ4v) is 1.01. The zero-order chi connectivity index (χ0) is 10.3. The Morgan fingerprint density at radius 3 is 2.23 bits per heavy atom. The number of hydrogen-bond acceptors (Lipinski definition) is 4. The van der Waals surface area contributed by atoms with Crippen LogP contribution in [0, 0.1) is 5.92 Å². The van der Waals surface area contributed by atoms with Gasteiger partial charge < -0.3 is 14.3 Å². The van der Waals surface area contributed by atoms with E-state index in [4.69, 9.17) is 9.47 Å². The lowest BCUT2D eigenvalue weighted by Crippen LogP contribution is -2.24. The maximum Gasteiger partial charge on any atom is 0.149 e. The van der Waals surface area contributed by atoms with Crippen molar-refractivity contribution < 1.29 is 19.1 Å². The van der Waals surface area contributed by atoms with Crippen LogP contribution in [-0.2, 0) is 19.1 Å². The second-order valence-corrected chi connectivity index (χ2v) is 2.53. The van der Waals surface area contributed by atoms with Crippen molar-refractivity contribution in [2.45, 2.75) is 13.0 Å². The first-order valence-electron chi connectivity index (χ1n) is 3.88. The van der Waals surface area contributed by atoms with Crippen molar-refractivity contribution in [3.63, 3.8) is 0 Å². The van der Waals surface area contributed by atoms with Crippen molar-refractivity contribution in [1.82, 2.24) is 0 Å². The summed E-state index contributed by atoms with van der Waals surface area (Å²) < 4.78 is 9.81. The summed E-state index contributed by atoms with van der Waals surface area (Å²) in [5.74, 6) is 0.187. The minimum atomic E-state index is -0.578. The van der Waals surface area contributed by atoms with Gasteiger partial charge in [-0.15, -0.1) is 0 Å². The molecule has 0 fully saturated rings. The Labute approximate surface area is 77.5 Å². The topological polar surface area (TPSA) is 52.6 Å². The molecule has 0 spiro atoms. The van der Waals surface area contributed by atoms with E-state index in [-0.39, 0.29) is 5.92 Å². The average molecular weight is 186 g/mol. The minimum Gasteiger partial charge on any atom is -0.501 e. The van der Waals surface area contributed by atoms with E-state index in [1.807, 2.05) is 0 Å². The summed E-state index contributed by atoms with van der Waals surface area (Å²) in [7, 11) is 2.88. The van der Waals surface area contributed by atoms with Crippen molar-refractivity contribution in [2.75, 3.05) is 14.2 Å². The first-order chi connectivity index (χ1) is 6.21. The summed E-state index contributed by atoms with van der Waals surface area (Å²) in [6.45, 7) is 1.75. The van der Waals surface area contributed by atoms with Crippen LogP contribution in [-0.4, -0.2) is 32.9 Å². The van der Waals surface area contributed by atoms with Crippen molar-refractivity contribution in [3.8, 4) is 0 Å². The van der Waals surface area contributed by atoms with Gasteiger partial charge in [-0.1, -0.05) is 6.92 Å². The molecule has 4 heteroatoms. The highest BCUT2D eigenvalue weighted by atomic mass is 16.5. The van der Waals surface area contributed by atoms with Crippen molar-refractivity contribution in [3.05, 3.63) is 11.8 Å². The van der Waals surface area contributed by atoms with Crippen LogP contribution in [0.4, 0.5) is 0 Å². The van der Waals surface area contributed by atoms with E-state index in [1.165, 1.54) is 20.3 Å². The highest BCUT2D eigenvalue weighted by Gasteiger charge is 2.20. The number of allylic oxidation sites excluding steroid dienone is 1. The first kappa shape index (κ1) is 11.8. The molecule has 0 aliphatic carbocycles. The van der Waals surface area contributed by atoms with E-state index in [0.29, 0.717) is 18.3 Å². The van der Waals surface area contributed by atoms with Gasteiger partial charge in [-0.2, -0.15) is 0 Å². The summed E-state index contributed by atoms with van der Waals surface area (Å²) >= 11 is 0. The second-order valence-electron chi connectivity index (χ2n) is 2.53. The molecule has 0 aromatic carbocycles. The second kappa shape index (κ2) is 6.37. The van der Waals surface area contributed by atoms with Gasteiger partial charge in [0, 0.05) is 19.1 Å². The zero-order valence-electron chi connectivity index (χ0n) is 8.02. The van der Waals surface area contributed by atoms with Gasteiger partial charge in [0.15, 0.2) is 0 Å². The van der Waals surface area contributed by atoms with Gasteiger partial charge in [-0.25, -0.2) is 0 Å². The van der Waals surface area contributed by atoms with E-state index in [2.05, 4.69) is 0 Å². The Bertz CT molecular complexity index is 198. The number of aldehydes is 2. The third-order valence-corrected chi connectivity index (χ3v) is 1.82. The highest BCUT2D eigenvalue weighted by Crippen LogP contribution is 2.15. The minimum absolute atomic E-state index is 0.252. The molecule has 4 nitrogen and oxygen atoms in total. The van der Waals surface area contributed by atoms with E-state index in [0.717, 1.165) is 0 Å². The molecule has 0 aliphatic heterocycles. The standard InChI is InChI=1S/C9H14O4/c1-7(9(6-11)13-3)8(12-2)4-5-10/h4-7,9H,1-3H3/b8-4+/t7-,9-/m0/s1.